The van der Waals surface area contributed by atoms with Gasteiger partial charge in [-0.15, -0.1) is 11.3 Å². The molecule has 1 aromatic rings. The van der Waals surface area contributed by atoms with Gasteiger partial charge in [0.25, 0.3) is 0 Å². The summed E-state index contributed by atoms with van der Waals surface area (Å²) in [6.45, 7) is 0.228. The maximum atomic E-state index is 11.9. The summed E-state index contributed by atoms with van der Waals surface area (Å²) in [5.74, 6) is 5.37. The Kier molecular flexibility index (Phi) is 4.07. The van der Waals surface area contributed by atoms with Crippen molar-refractivity contribution in [2.75, 3.05) is 13.7 Å². The fourth-order valence-corrected chi connectivity index (χ4v) is 4.11. The first kappa shape index (κ1) is 13.6. The summed E-state index contributed by atoms with van der Waals surface area (Å²) in [5, 5.41) is 10.3. The highest BCUT2D eigenvalue weighted by atomic mass is 32.2. The number of aliphatic hydroxyl groups excluding tert-OH is 1. The van der Waals surface area contributed by atoms with E-state index in [2.05, 4.69) is 11.8 Å². The zero-order chi connectivity index (χ0) is 13.2. The number of hydrogen-bond acceptors (Lipinski definition) is 4. The van der Waals surface area contributed by atoms with Gasteiger partial charge < -0.3 is 5.11 Å². The fraction of sp³-hybridized carbons (Fsp3) is 0.500. The third-order valence-corrected chi connectivity index (χ3v) is 5.96. The lowest BCUT2D eigenvalue weighted by molar-refractivity contribution is 0.350. The summed E-state index contributed by atoms with van der Waals surface area (Å²) in [6, 6.07) is 1.87. The largest absolute Gasteiger partial charge is 0.384 e. The molecule has 1 heterocycles. The van der Waals surface area contributed by atoms with Gasteiger partial charge in [-0.05, 0) is 18.9 Å². The quantitative estimate of drug-likeness (QED) is 0.840. The summed E-state index contributed by atoms with van der Waals surface area (Å²) in [4.78, 5) is 0.962. The van der Waals surface area contributed by atoms with Crippen LogP contribution in [0.4, 0.5) is 0 Å². The molecule has 0 aliphatic heterocycles. The van der Waals surface area contributed by atoms with Gasteiger partial charge in [-0.3, -0.25) is 0 Å². The average Bonchev–Trinajstić information content (AvgIpc) is 3.10. The number of nitrogens with zero attached hydrogens (tertiary/aromatic N) is 1. The molecule has 1 N–H and O–H groups in total. The van der Waals surface area contributed by atoms with Crippen molar-refractivity contribution in [2.45, 2.75) is 24.6 Å². The molecule has 1 aromatic heterocycles. The van der Waals surface area contributed by atoms with Crippen LogP contribution >= 0.6 is 11.3 Å². The molecule has 0 radical (unpaired) electrons. The second-order valence-electron chi connectivity index (χ2n) is 4.26. The zero-order valence-electron chi connectivity index (χ0n) is 10.1. The van der Waals surface area contributed by atoms with Crippen LogP contribution in [0.25, 0.3) is 0 Å². The molecular weight excluding hydrogens is 270 g/mol. The Bertz CT molecular complexity index is 576. The standard InChI is InChI=1S/C12H15NO3S2/c1-13(18(15,16)12-4-5-12)8-11-7-10(9-17-11)3-2-6-14/h7,9,12,14H,4-6,8H2,1H3. The van der Waals surface area contributed by atoms with Crippen LogP contribution in [0.2, 0.25) is 0 Å². The minimum atomic E-state index is -3.11. The molecule has 1 aliphatic carbocycles. The van der Waals surface area contributed by atoms with E-state index in [1.54, 1.807) is 7.05 Å². The van der Waals surface area contributed by atoms with Crippen LogP contribution in [0.3, 0.4) is 0 Å². The molecule has 0 unspecified atom stereocenters. The summed E-state index contributed by atoms with van der Waals surface area (Å²) < 4.78 is 25.3. The zero-order valence-corrected chi connectivity index (χ0v) is 11.7. The van der Waals surface area contributed by atoms with E-state index < -0.39 is 10.0 Å². The predicted octanol–water partition coefficient (Wildman–Crippen LogP) is 1.02. The maximum Gasteiger partial charge on any atom is 0.217 e. The highest BCUT2D eigenvalue weighted by Crippen LogP contribution is 2.31. The lowest BCUT2D eigenvalue weighted by atomic mass is 10.3. The van der Waals surface area contributed by atoms with Gasteiger partial charge in [0.2, 0.25) is 10.0 Å². The average molecular weight is 285 g/mol. The van der Waals surface area contributed by atoms with E-state index in [-0.39, 0.29) is 11.9 Å². The Morgan fingerprint density at radius 3 is 2.89 bits per heavy atom. The van der Waals surface area contributed by atoms with Crippen LogP contribution in [0.5, 0.6) is 0 Å². The first-order valence-electron chi connectivity index (χ1n) is 5.66. The van der Waals surface area contributed by atoms with Gasteiger partial charge in [0.05, 0.1) is 5.25 Å². The van der Waals surface area contributed by atoms with Gasteiger partial charge in [-0.1, -0.05) is 11.8 Å². The molecular formula is C12H15NO3S2. The number of thiophene rings is 1. The highest BCUT2D eigenvalue weighted by Gasteiger charge is 2.38. The molecule has 18 heavy (non-hydrogen) atoms. The highest BCUT2D eigenvalue weighted by molar-refractivity contribution is 7.90. The lowest BCUT2D eigenvalue weighted by Gasteiger charge is -2.15. The lowest BCUT2D eigenvalue weighted by Crippen LogP contribution is -2.29. The SMILES string of the molecule is CN(Cc1cc(C#CCO)cs1)S(=O)(=O)C1CC1. The topological polar surface area (TPSA) is 57.6 Å². The molecule has 6 heteroatoms. The van der Waals surface area contributed by atoms with Crippen molar-refractivity contribution in [2.24, 2.45) is 0 Å². The second-order valence-corrected chi connectivity index (χ2v) is 7.58. The van der Waals surface area contributed by atoms with Crippen molar-refractivity contribution in [1.29, 1.82) is 0 Å². The van der Waals surface area contributed by atoms with Crippen molar-refractivity contribution >= 4 is 21.4 Å². The monoisotopic (exact) mass is 285 g/mol. The van der Waals surface area contributed by atoms with E-state index in [1.807, 2.05) is 11.4 Å². The Labute approximate surface area is 111 Å². The normalized spacial score (nSPS) is 15.5. The molecule has 1 fully saturated rings. The van der Waals surface area contributed by atoms with Crippen molar-refractivity contribution in [1.82, 2.24) is 4.31 Å². The molecule has 0 atom stereocenters. The molecule has 2 rings (SSSR count). The molecule has 0 amide bonds. The smallest absolute Gasteiger partial charge is 0.217 e. The van der Waals surface area contributed by atoms with Crippen LogP contribution in [0.15, 0.2) is 11.4 Å². The number of hydrogen-bond donors (Lipinski definition) is 1. The van der Waals surface area contributed by atoms with Crippen LogP contribution in [-0.2, 0) is 16.6 Å². The molecule has 98 valence electrons. The van der Waals surface area contributed by atoms with Crippen molar-refractivity contribution in [3.8, 4) is 11.8 Å². The molecule has 1 aliphatic rings. The Balaban J connectivity index is 2.03. The van der Waals surface area contributed by atoms with Gasteiger partial charge >= 0.3 is 0 Å². The molecule has 1 saturated carbocycles. The van der Waals surface area contributed by atoms with Crippen LogP contribution in [0, 0.1) is 11.8 Å². The van der Waals surface area contributed by atoms with E-state index in [0.717, 1.165) is 23.3 Å². The number of aliphatic hydroxyl groups is 1. The summed E-state index contributed by atoms with van der Waals surface area (Å²) in [7, 11) is -1.49. The maximum absolute atomic E-state index is 11.9. The van der Waals surface area contributed by atoms with Crippen LogP contribution in [0.1, 0.15) is 23.3 Å². The molecule has 0 aromatic carbocycles. The minimum Gasteiger partial charge on any atom is -0.384 e. The fourth-order valence-electron chi connectivity index (χ4n) is 1.60. The van der Waals surface area contributed by atoms with Crippen LogP contribution < -0.4 is 0 Å². The Morgan fingerprint density at radius 1 is 1.56 bits per heavy atom. The molecule has 0 bridgehead atoms. The van der Waals surface area contributed by atoms with Gasteiger partial charge in [0.1, 0.15) is 6.61 Å². The number of rotatable bonds is 4. The molecule has 0 saturated heterocycles. The van der Waals surface area contributed by atoms with Gasteiger partial charge in [-0.2, -0.15) is 4.31 Å². The third kappa shape index (κ3) is 3.12. The van der Waals surface area contributed by atoms with Crippen LogP contribution in [-0.4, -0.2) is 36.7 Å². The second kappa shape index (κ2) is 5.41. The van der Waals surface area contributed by atoms with Gasteiger partial charge in [-0.25, -0.2) is 8.42 Å². The van der Waals surface area contributed by atoms with E-state index in [1.165, 1.54) is 15.6 Å². The summed E-state index contributed by atoms with van der Waals surface area (Å²) in [6.07, 6.45) is 1.56. The number of sulfonamides is 1. The van der Waals surface area contributed by atoms with Crippen molar-refractivity contribution in [3.05, 3.63) is 21.9 Å². The first-order chi connectivity index (χ1) is 8.54. The van der Waals surface area contributed by atoms with E-state index in [4.69, 9.17) is 5.11 Å². The molecule has 0 spiro atoms. The summed E-state index contributed by atoms with van der Waals surface area (Å²) >= 11 is 1.49. The first-order valence-corrected chi connectivity index (χ1v) is 8.04. The Hall–Kier alpha value is -0.870. The van der Waals surface area contributed by atoms with Gasteiger partial charge in [0, 0.05) is 29.4 Å². The third-order valence-electron chi connectivity index (χ3n) is 2.72. The predicted molar refractivity (Wildman–Crippen MR) is 71.7 cm³/mol. The van der Waals surface area contributed by atoms with Crippen molar-refractivity contribution in [3.63, 3.8) is 0 Å². The Morgan fingerprint density at radius 2 is 2.28 bits per heavy atom. The van der Waals surface area contributed by atoms with E-state index in [9.17, 15) is 8.42 Å². The molecule has 4 nitrogen and oxygen atoms in total. The van der Waals surface area contributed by atoms with Crippen molar-refractivity contribution < 1.29 is 13.5 Å². The van der Waals surface area contributed by atoms with Gasteiger partial charge in [0.15, 0.2) is 0 Å². The minimum absolute atomic E-state index is 0.166. The summed E-state index contributed by atoms with van der Waals surface area (Å²) in [5.41, 5.74) is 0.821. The van der Waals surface area contributed by atoms with E-state index >= 15 is 0 Å². The van der Waals surface area contributed by atoms with E-state index in [0.29, 0.717) is 6.54 Å².